The smallest absolute Gasteiger partial charge is 0.132 e. The van der Waals surface area contributed by atoms with Gasteiger partial charge in [0, 0.05) is 11.5 Å². The number of hydrogen-bond donors (Lipinski definition) is 1. The lowest BCUT2D eigenvalue weighted by Gasteiger charge is -2.35. The van der Waals surface area contributed by atoms with Crippen LogP contribution in [0.15, 0.2) is 35.9 Å². The maximum atomic E-state index is 11.3. The number of aromatic hydroxyl groups is 1. The lowest BCUT2D eigenvalue weighted by atomic mass is 9.73. The maximum absolute atomic E-state index is 11.3. The second-order valence-electron chi connectivity index (χ2n) is 7.55. The van der Waals surface area contributed by atoms with Gasteiger partial charge in [0.1, 0.15) is 19.3 Å². The highest BCUT2D eigenvalue weighted by Crippen LogP contribution is 2.48. The van der Waals surface area contributed by atoms with Crippen LogP contribution in [-0.2, 0) is 11.0 Å². The highest BCUT2D eigenvalue weighted by Gasteiger charge is 2.30. The molecule has 0 amide bonds. The number of rotatable bonds is 8. The highest BCUT2D eigenvalue weighted by molar-refractivity contribution is 7.43. The van der Waals surface area contributed by atoms with Crippen molar-refractivity contribution in [2.24, 2.45) is 5.92 Å². The van der Waals surface area contributed by atoms with Crippen LogP contribution in [0.3, 0.4) is 0 Å². The normalized spacial score (nSPS) is 20.3. The van der Waals surface area contributed by atoms with Crippen LogP contribution in [0.1, 0.15) is 69.9 Å². The van der Waals surface area contributed by atoms with Gasteiger partial charge in [0.2, 0.25) is 0 Å². The lowest BCUT2D eigenvalue weighted by Crippen LogP contribution is -2.21. The van der Waals surface area contributed by atoms with Crippen LogP contribution in [-0.4, -0.2) is 5.11 Å². The first-order valence-electron chi connectivity index (χ1n) is 9.52. The van der Waals surface area contributed by atoms with Crippen LogP contribution < -0.4 is 14.3 Å². The molecular formula is C21H29O5P-2. The fourth-order valence-corrected chi connectivity index (χ4v) is 4.22. The molecule has 1 aliphatic carbocycles. The van der Waals surface area contributed by atoms with Gasteiger partial charge >= 0.3 is 0 Å². The number of phosphoric ester groups is 1. The molecular weight excluding hydrogens is 363 g/mol. The summed E-state index contributed by atoms with van der Waals surface area (Å²) in [6, 6.07) is 3.24. The van der Waals surface area contributed by atoms with Crippen LogP contribution in [0.4, 0.5) is 0 Å². The molecule has 0 unspecified atom stereocenters. The molecule has 1 aromatic carbocycles. The van der Waals surface area contributed by atoms with Gasteiger partial charge in [-0.05, 0) is 63.1 Å². The molecule has 2 rings (SSSR count). The predicted molar refractivity (Wildman–Crippen MR) is 104 cm³/mol. The maximum Gasteiger partial charge on any atom is 0.132 e. The number of allylic oxidation sites excluding steroid dienone is 3. The quantitative estimate of drug-likeness (QED) is 0.403. The van der Waals surface area contributed by atoms with Crippen LogP contribution in [0.25, 0.3) is 0 Å². The Morgan fingerprint density at radius 2 is 2.07 bits per heavy atom. The van der Waals surface area contributed by atoms with E-state index in [0.29, 0.717) is 12.0 Å². The Bertz CT molecular complexity index is 762. The molecule has 5 nitrogen and oxygen atoms in total. The minimum Gasteiger partial charge on any atom is -0.780 e. The van der Waals surface area contributed by atoms with Crippen molar-refractivity contribution in [2.45, 2.75) is 65.2 Å². The number of phosphoric acid groups is 1. The standard InChI is InChI=1S/C21H31O5P/c1-5-6-7-8-16-12-19(22)21(20(13-16)26-27(23,24)25)18-11-15(4)9-10-17(18)14(2)3/h11-13,17-18,22H,2,5-10H2,1,3-4H3,(H2,23,24,25)/p-2/t17-,18+/m0/s1. The molecule has 0 aromatic heterocycles. The Labute approximate surface area is 162 Å². The molecule has 27 heavy (non-hydrogen) atoms. The van der Waals surface area contributed by atoms with Gasteiger partial charge in [-0.2, -0.15) is 0 Å². The van der Waals surface area contributed by atoms with Gasteiger partial charge in [-0.15, -0.1) is 0 Å². The molecule has 0 saturated heterocycles. The third-order valence-corrected chi connectivity index (χ3v) is 5.59. The van der Waals surface area contributed by atoms with Crippen LogP contribution >= 0.6 is 7.82 Å². The second kappa shape index (κ2) is 9.09. The minimum absolute atomic E-state index is 0.0327. The Hall–Kier alpha value is -1.55. The van der Waals surface area contributed by atoms with Crippen molar-refractivity contribution >= 4 is 7.82 Å². The number of unbranched alkanes of at least 4 members (excludes halogenated alkanes) is 2. The van der Waals surface area contributed by atoms with Crippen molar-refractivity contribution in [1.82, 2.24) is 0 Å². The summed E-state index contributed by atoms with van der Waals surface area (Å²) in [5, 5.41) is 10.7. The van der Waals surface area contributed by atoms with Gasteiger partial charge in [-0.1, -0.05) is 43.6 Å². The Morgan fingerprint density at radius 1 is 1.37 bits per heavy atom. The average molecular weight is 392 g/mol. The molecule has 2 atom stereocenters. The highest BCUT2D eigenvalue weighted by atomic mass is 31.2. The zero-order chi connectivity index (χ0) is 20.2. The summed E-state index contributed by atoms with van der Waals surface area (Å²) < 4.78 is 16.1. The molecule has 0 bridgehead atoms. The fourth-order valence-electron chi connectivity index (χ4n) is 3.83. The molecule has 1 aliphatic rings. The number of benzene rings is 1. The molecule has 0 aliphatic heterocycles. The van der Waals surface area contributed by atoms with Crippen molar-refractivity contribution in [2.75, 3.05) is 0 Å². The van der Waals surface area contributed by atoms with Crippen molar-refractivity contribution in [1.29, 1.82) is 0 Å². The number of phenols is 1. The summed E-state index contributed by atoms with van der Waals surface area (Å²) in [6.45, 7) is 10.1. The fraction of sp³-hybridized carbons (Fsp3) is 0.524. The summed E-state index contributed by atoms with van der Waals surface area (Å²) in [4.78, 5) is 22.7. The monoisotopic (exact) mass is 392 g/mol. The van der Waals surface area contributed by atoms with Gasteiger partial charge in [-0.25, -0.2) is 0 Å². The van der Waals surface area contributed by atoms with E-state index in [2.05, 4.69) is 13.5 Å². The van der Waals surface area contributed by atoms with Crippen molar-refractivity contribution < 1.29 is 24.0 Å². The van der Waals surface area contributed by atoms with Crippen LogP contribution in [0.2, 0.25) is 0 Å². The van der Waals surface area contributed by atoms with E-state index < -0.39 is 7.82 Å². The van der Waals surface area contributed by atoms with Crippen LogP contribution in [0.5, 0.6) is 11.5 Å². The third-order valence-electron chi connectivity index (χ3n) is 5.17. The molecule has 0 heterocycles. The number of hydrogen-bond acceptors (Lipinski definition) is 5. The Morgan fingerprint density at radius 3 is 2.67 bits per heavy atom. The van der Waals surface area contributed by atoms with E-state index in [1.807, 2.05) is 19.9 Å². The first kappa shape index (κ1) is 21.7. The molecule has 1 N–H and O–H groups in total. The van der Waals surface area contributed by atoms with E-state index in [4.69, 9.17) is 4.52 Å². The minimum atomic E-state index is -5.25. The van der Waals surface area contributed by atoms with Crippen molar-refractivity contribution in [3.05, 3.63) is 47.1 Å². The molecule has 0 fully saturated rings. The van der Waals surface area contributed by atoms with Gasteiger partial charge in [0.25, 0.3) is 0 Å². The third kappa shape index (κ3) is 5.97. The van der Waals surface area contributed by atoms with Gasteiger partial charge in [-0.3, -0.25) is 0 Å². The van der Waals surface area contributed by atoms with Crippen molar-refractivity contribution in [3.63, 3.8) is 0 Å². The number of phenolic OH excluding ortho intramolecular Hbond substituents is 1. The molecule has 6 heteroatoms. The average Bonchev–Trinajstić information content (AvgIpc) is 2.53. The zero-order valence-corrected chi connectivity index (χ0v) is 17.3. The van der Waals surface area contributed by atoms with E-state index in [-0.39, 0.29) is 23.3 Å². The SMILES string of the molecule is C=C(C)[C@@H]1CCC(C)=C[C@H]1c1c(O)cc(CCCCC)cc1OP(=O)([O-])[O-]. The van der Waals surface area contributed by atoms with Gasteiger partial charge in [0.15, 0.2) is 0 Å². The molecule has 0 spiro atoms. The Balaban J connectivity index is 2.53. The van der Waals surface area contributed by atoms with Gasteiger partial charge < -0.3 is 24.0 Å². The van der Waals surface area contributed by atoms with E-state index in [9.17, 15) is 19.5 Å². The summed E-state index contributed by atoms with van der Waals surface area (Å²) in [6.07, 6.45) is 7.47. The van der Waals surface area contributed by atoms with E-state index in [1.165, 1.54) is 0 Å². The largest absolute Gasteiger partial charge is 0.780 e. The Kier molecular flexibility index (Phi) is 7.32. The summed E-state index contributed by atoms with van der Waals surface area (Å²) >= 11 is 0. The van der Waals surface area contributed by atoms with E-state index in [0.717, 1.165) is 48.8 Å². The predicted octanol–water partition coefficient (Wildman–Crippen LogP) is 4.35. The summed E-state index contributed by atoms with van der Waals surface area (Å²) in [5.74, 6) is -0.320. The van der Waals surface area contributed by atoms with Gasteiger partial charge in [0.05, 0.1) is 0 Å². The summed E-state index contributed by atoms with van der Waals surface area (Å²) in [5.41, 5.74) is 3.22. The number of aryl methyl sites for hydroxylation is 1. The molecule has 1 aromatic rings. The van der Waals surface area contributed by atoms with E-state index in [1.54, 1.807) is 12.1 Å². The van der Waals surface area contributed by atoms with Crippen LogP contribution in [0, 0.1) is 5.92 Å². The second-order valence-corrected chi connectivity index (χ2v) is 8.63. The first-order chi connectivity index (χ1) is 12.6. The summed E-state index contributed by atoms with van der Waals surface area (Å²) in [7, 11) is -5.25. The topological polar surface area (TPSA) is 92.7 Å². The van der Waals surface area contributed by atoms with E-state index >= 15 is 0 Å². The van der Waals surface area contributed by atoms with Crippen molar-refractivity contribution in [3.8, 4) is 11.5 Å². The first-order valence-corrected chi connectivity index (χ1v) is 11.0. The lowest BCUT2D eigenvalue weighted by molar-refractivity contribution is -0.333. The zero-order valence-electron chi connectivity index (χ0n) is 16.4. The molecule has 0 saturated carbocycles. The molecule has 150 valence electrons. The molecule has 0 radical (unpaired) electrons.